The number of hydrogen-bond acceptors (Lipinski definition) is 5. The van der Waals surface area contributed by atoms with Crippen LogP contribution in [0.1, 0.15) is 5.56 Å². The zero-order chi connectivity index (χ0) is 16.3. The normalized spacial score (nSPS) is 11.2. The fourth-order valence-electron chi connectivity index (χ4n) is 1.63. The monoisotopic (exact) mass is 331 g/mol. The third kappa shape index (κ3) is 3.51. The fourth-order valence-corrected chi connectivity index (χ4v) is 1.78. The Bertz CT molecular complexity index is 679. The van der Waals surface area contributed by atoms with Crippen LogP contribution >= 0.6 is 11.6 Å². The van der Waals surface area contributed by atoms with Crippen LogP contribution in [0.3, 0.4) is 0 Å². The summed E-state index contributed by atoms with van der Waals surface area (Å²) in [5.74, 6) is 0.0377. The maximum Gasteiger partial charge on any atom is 0.421 e. The molecule has 0 unspecified atom stereocenters. The van der Waals surface area contributed by atoms with E-state index in [9.17, 15) is 13.2 Å². The molecule has 0 bridgehead atoms. The van der Waals surface area contributed by atoms with Crippen LogP contribution in [0.2, 0.25) is 5.02 Å². The quantitative estimate of drug-likeness (QED) is 0.893. The molecule has 0 amide bonds. The molecule has 0 atom stereocenters. The molecular weight excluding hydrogens is 321 g/mol. The molecule has 1 heterocycles. The molecule has 2 N–H and O–H groups in total. The van der Waals surface area contributed by atoms with Gasteiger partial charge in [-0.25, -0.2) is 4.98 Å². The third-order valence-corrected chi connectivity index (χ3v) is 2.98. The number of anilines is 3. The summed E-state index contributed by atoms with van der Waals surface area (Å²) in [4.78, 5) is 7.44. The van der Waals surface area contributed by atoms with Crippen molar-refractivity contribution in [2.75, 3.05) is 24.8 Å². The van der Waals surface area contributed by atoms with Crippen LogP contribution in [0.25, 0.3) is 0 Å². The molecule has 2 rings (SSSR count). The minimum atomic E-state index is -4.54. The molecule has 5 nitrogen and oxygen atoms in total. The number of ether oxygens (including phenoxy) is 1. The standard InChI is InChI=1S/C13H11ClF3N4O/c1-18-11-8(13(15,16)17)6-19-12(21-11)20-10-5-7(22-2)3-4-9(10)14/h4-6H,1-2H3,(H2,18,19,20,21). The lowest BCUT2D eigenvalue weighted by Gasteiger charge is -2.13. The SMILES string of the molecule is CNc1nc(Nc2cc(OC)[c]cc2Cl)ncc1C(F)(F)F. The summed E-state index contributed by atoms with van der Waals surface area (Å²) in [6.07, 6.45) is -3.85. The number of methoxy groups -OCH3 is 1. The average Bonchev–Trinajstić information content (AvgIpc) is 2.48. The van der Waals surface area contributed by atoms with Crippen LogP contribution in [0.4, 0.5) is 30.6 Å². The van der Waals surface area contributed by atoms with Crippen molar-refractivity contribution < 1.29 is 17.9 Å². The van der Waals surface area contributed by atoms with Gasteiger partial charge in [-0.05, 0) is 6.07 Å². The Morgan fingerprint density at radius 3 is 2.68 bits per heavy atom. The predicted octanol–water partition coefficient (Wildman–Crippen LogP) is 3.74. The number of alkyl halides is 3. The van der Waals surface area contributed by atoms with Crippen molar-refractivity contribution in [2.45, 2.75) is 6.18 Å². The molecule has 0 aliphatic rings. The molecule has 0 aliphatic carbocycles. The number of rotatable bonds is 4. The van der Waals surface area contributed by atoms with Gasteiger partial charge in [0.2, 0.25) is 5.95 Å². The van der Waals surface area contributed by atoms with E-state index in [1.807, 2.05) is 0 Å². The van der Waals surface area contributed by atoms with E-state index >= 15 is 0 Å². The van der Waals surface area contributed by atoms with Crippen molar-refractivity contribution in [3.8, 4) is 5.75 Å². The summed E-state index contributed by atoms with van der Waals surface area (Å²) in [5, 5.41) is 5.43. The number of halogens is 4. The first-order valence-corrected chi connectivity index (χ1v) is 6.37. The van der Waals surface area contributed by atoms with Crippen molar-refractivity contribution in [1.82, 2.24) is 9.97 Å². The zero-order valence-corrected chi connectivity index (χ0v) is 12.3. The molecule has 117 valence electrons. The molecule has 0 spiro atoms. The van der Waals surface area contributed by atoms with Gasteiger partial charge in [-0.2, -0.15) is 18.2 Å². The summed E-state index contributed by atoms with van der Waals surface area (Å²) in [5.41, 5.74) is -0.565. The summed E-state index contributed by atoms with van der Waals surface area (Å²) >= 11 is 5.98. The molecule has 1 aromatic heterocycles. The van der Waals surface area contributed by atoms with Gasteiger partial charge in [-0.15, -0.1) is 0 Å². The number of nitrogens with zero attached hydrogens (tertiary/aromatic N) is 2. The Labute approximate surface area is 129 Å². The van der Waals surface area contributed by atoms with Gasteiger partial charge in [0, 0.05) is 25.4 Å². The van der Waals surface area contributed by atoms with Gasteiger partial charge >= 0.3 is 6.18 Å². The second-order valence-corrected chi connectivity index (χ2v) is 4.50. The van der Waals surface area contributed by atoms with Crippen LogP contribution in [0.15, 0.2) is 18.3 Å². The summed E-state index contributed by atoms with van der Waals surface area (Å²) in [6, 6.07) is 5.76. The van der Waals surface area contributed by atoms with Crippen LogP contribution < -0.4 is 15.4 Å². The maximum atomic E-state index is 12.8. The summed E-state index contributed by atoms with van der Waals surface area (Å²) in [7, 11) is 2.80. The van der Waals surface area contributed by atoms with Crippen LogP contribution in [0.5, 0.6) is 5.75 Å². The summed E-state index contributed by atoms with van der Waals surface area (Å²) < 4.78 is 43.3. The summed E-state index contributed by atoms with van der Waals surface area (Å²) in [6.45, 7) is 0. The largest absolute Gasteiger partial charge is 0.496 e. The van der Waals surface area contributed by atoms with Crippen LogP contribution in [0, 0.1) is 6.07 Å². The fraction of sp³-hybridized carbons (Fsp3) is 0.231. The zero-order valence-electron chi connectivity index (χ0n) is 11.5. The maximum absolute atomic E-state index is 12.8. The van der Waals surface area contributed by atoms with Crippen LogP contribution in [-0.4, -0.2) is 24.1 Å². The minimum absolute atomic E-state index is 0.0347. The van der Waals surface area contributed by atoms with Gasteiger partial charge in [0.05, 0.1) is 17.8 Å². The molecule has 22 heavy (non-hydrogen) atoms. The smallest absolute Gasteiger partial charge is 0.421 e. The molecule has 0 aliphatic heterocycles. The Morgan fingerprint density at radius 2 is 2.09 bits per heavy atom. The van der Waals surface area contributed by atoms with Gasteiger partial charge in [-0.1, -0.05) is 11.6 Å². The number of benzene rings is 1. The van der Waals surface area contributed by atoms with Gasteiger partial charge < -0.3 is 15.4 Å². The predicted molar refractivity (Wildman–Crippen MR) is 76.7 cm³/mol. The molecule has 0 fully saturated rings. The Balaban J connectivity index is 2.35. The second kappa shape index (κ2) is 6.27. The molecule has 1 aromatic carbocycles. The number of hydrogen-bond donors (Lipinski definition) is 2. The van der Waals surface area contributed by atoms with E-state index in [0.717, 1.165) is 0 Å². The van der Waals surface area contributed by atoms with Crippen molar-refractivity contribution in [3.63, 3.8) is 0 Å². The van der Waals surface area contributed by atoms with E-state index in [1.165, 1.54) is 26.3 Å². The van der Waals surface area contributed by atoms with Crippen molar-refractivity contribution in [2.24, 2.45) is 0 Å². The highest BCUT2D eigenvalue weighted by Gasteiger charge is 2.35. The van der Waals surface area contributed by atoms with Gasteiger partial charge in [0.15, 0.2) is 0 Å². The van der Waals surface area contributed by atoms with Crippen LogP contribution in [-0.2, 0) is 6.18 Å². The highest BCUT2D eigenvalue weighted by atomic mass is 35.5. The Hall–Kier alpha value is -2.22. The lowest BCUT2D eigenvalue weighted by molar-refractivity contribution is -0.137. The minimum Gasteiger partial charge on any atom is -0.496 e. The Morgan fingerprint density at radius 1 is 1.36 bits per heavy atom. The van der Waals surface area contributed by atoms with Gasteiger partial charge in [0.1, 0.15) is 17.1 Å². The number of nitrogens with one attached hydrogen (secondary N) is 2. The highest BCUT2D eigenvalue weighted by molar-refractivity contribution is 6.33. The molecule has 1 radical (unpaired) electrons. The van der Waals surface area contributed by atoms with E-state index in [0.29, 0.717) is 22.7 Å². The van der Waals surface area contributed by atoms with E-state index in [1.54, 1.807) is 0 Å². The van der Waals surface area contributed by atoms with E-state index in [4.69, 9.17) is 16.3 Å². The third-order valence-electron chi connectivity index (χ3n) is 2.67. The van der Waals surface area contributed by atoms with E-state index < -0.39 is 11.7 Å². The van der Waals surface area contributed by atoms with E-state index in [-0.39, 0.29) is 11.8 Å². The van der Waals surface area contributed by atoms with Gasteiger partial charge in [0.25, 0.3) is 0 Å². The van der Waals surface area contributed by atoms with E-state index in [2.05, 4.69) is 26.7 Å². The lowest BCUT2D eigenvalue weighted by Crippen LogP contribution is -2.12. The molecule has 9 heteroatoms. The topological polar surface area (TPSA) is 59.1 Å². The lowest BCUT2D eigenvalue weighted by atomic mass is 10.3. The second-order valence-electron chi connectivity index (χ2n) is 4.09. The first kappa shape index (κ1) is 16.2. The first-order chi connectivity index (χ1) is 10.3. The number of aromatic nitrogens is 2. The molecule has 0 saturated heterocycles. The first-order valence-electron chi connectivity index (χ1n) is 5.99. The van der Waals surface area contributed by atoms with Crippen molar-refractivity contribution in [3.05, 3.63) is 35.0 Å². The Kier molecular flexibility index (Phi) is 4.60. The van der Waals surface area contributed by atoms with Crippen molar-refractivity contribution >= 4 is 29.1 Å². The highest BCUT2D eigenvalue weighted by Crippen LogP contribution is 2.34. The molecule has 2 aromatic rings. The van der Waals surface area contributed by atoms with Crippen molar-refractivity contribution in [1.29, 1.82) is 0 Å². The molecule has 0 saturated carbocycles. The average molecular weight is 332 g/mol. The van der Waals surface area contributed by atoms with Gasteiger partial charge in [-0.3, -0.25) is 0 Å². The molecular formula is C13H11ClF3N4O.